The van der Waals surface area contributed by atoms with E-state index in [1.807, 2.05) is 44.2 Å². The first-order valence-corrected chi connectivity index (χ1v) is 7.96. The van der Waals surface area contributed by atoms with Crippen molar-refractivity contribution in [3.63, 3.8) is 0 Å². The molecular formula is C16H17N3O2S. The van der Waals surface area contributed by atoms with E-state index in [0.717, 1.165) is 16.3 Å². The molecule has 6 heteroatoms. The van der Waals surface area contributed by atoms with Gasteiger partial charge in [-0.15, -0.1) is 11.3 Å². The molecule has 1 unspecified atom stereocenters. The maximum atomic E-state index is 12.3. The largest absolute Gasteiger partial charge is 0.312 e. The molecule has 1 aliphatic rings. The van der Waals surface area contributed by atoms with Gasteiger partial charge in [0.25, 0.3) is 0 Å². The van der Waals surface area contributed by atoms with Crippen LogP contribution in [0.1, 0.15) is 17.0 Å². The SMILES string of the molecule is Cc1nc(NC(=O)C2CC(=O)N(c3ccccc3)C2)sc1C. The van der Waals surface area contributed by atoms with Gasteiger partial charge in [0.1, 0.15) is 0 Å². The Labute approximate surface area is 133 Å². The fraction of sp³-hybridized carbons (Fsp3) is 0.312. The molecule has 1 fully saturated rings. The molecule has 114 valence electrons. The second-order valence-electron chi connectivity index (χ2n) is 5.39. The summed E-state index contributed by atoms with van der Waals surface area (Å²) in [5, 5.41) is 3.43. The topological polar surface area (TPSA) is 62.3 Å². The molecule has 1 N–H and O–H groups in total. The number of carbonyl (C=O) groups is 2. The summed E-state index contributed by atoms with van der Waals surface area (Å²) in [6, 6.07) is 9.44. The Balaban J connectivity index is 1.69. The van der Waals surface area contributed by atoms with E-state index < -0.39 is 0 Å². The smallest absolute Gasteiger partial charge is 0.231 e. The molecule has 3 rings (SSSR count). The molecule has 2 amide bonds. The van der Waals surface area contributed by atoms with Crippen LogP contribution in [0.3, 0.4) is 0 Å². The van der Waals surface area contributed by atoms with E-state index in [1.54, 1.807) is 4.90 Å². The molecule has 22 heavy (non-hydrogen) atoms. The van der Waals surface area contributed by atoms with Crippen molar-refractivity contribution in [2.24, 2.45) is 5.92 Å². The Hall–Kier alpha value is -2.21. The van der Waals surface area contributed by atoms with Gasteiger partial charge in [0.05, 0.1) is 11.6 Å². The summed E-state index contributed by atoms with van der Waals surface area (Å²) in [5.74, 6) is -0.490. The van der Waals surface area contributed by atoms with Gasteiger partial charge in [-0.25, -0.2) is 4.98 Å². The number of benzene rings is 1. The molecule has 5 nitrogen and oxygen atoms in total. The summed E-state index contributed by atoms with van der Waals surface area (Å²) in [4.78, 5) is 31.5. The molecule has 1 aromatic carbocycles. The van der Waals surface area contributed by atoms with E-state index in [1.165, 1.54) is 11.3 Å². The molecule has 0 spiro atoms. The second kappa shape index (κ2) is 5.88. The fourth-order valence-corrected chi connectivity index (χ4v) is 3.29. The lowest BCUT2D eigenvalue weighted by atomic mass is 10.1. The molecule has 2 heterocycles. The highest BCUT2D eigenvalue weighted by Gasteiger charge is 2.35. The highest BCUT2D eigenvalue weighted by atomic mass is 32.1. The van der Waals surface area contributed by atoms with Gasteiger partial charge in [0, 0.05) is 23.5 Å². The van der Waals surface area contributed by atoms with Gasteiger partial charge in [-0.3, -0.25) is 9.59 Å². The second-order valence-corrected chi connectivity index (χ2v) is 6.59. The van der Waals surface area contributed by atoms with Crippen molar-refractivity contribution in [1.82, 2.24) is 4.98 Å². The number of amides is 2. The van der Waals surface area contributed by atoms with Crippen LogP contribution in [0, 0.1) is 19.8 Å². The lowest BCUT2D eigenvalue weighted by Crippen LogP contribution is -2.28. The number of aryl methyl sites for hydroxylation is 2. The quantitative estimate of drug-likeness (QED) is 0.947. The van der Waals surface area contributed by atoms with Gasteiger partial charge < -0.3 is 10.2 Å². The number of anilines is 2. The average molecular weight is 315 g/mol. The van der Waals surface area contributed by atoms with E-state index >= 15 is 0 Å². The van der Waals surface area contributed by atoms with Crippen molar-refractivity contribution in [2.45, 2.75) is 20.3 Å². The van der Waals surface area contributed by atoms with Crippen LogP contribution in [-0.4, -0.2) is 23.3 Å². The first-order chi connectivity index (χ1) is 10.5. The van der Waals surface area contributed by atoms with Crippen LogP contribution in [0.5, 0.6) is 0 Å². The molecule has 2 aromatic rings. The molecule has 1 aliphatic heterocycles. The summed E-state index contributed by atoms with van der Waals surface area (Å²) in [5.41, 5.74) is 1.76. The number of carbonyl (C=O) groups excluding carboxylic acids is 2. The minimum absolute atomic E-state index is 0.0159. The summed E-state index contributed by atoms with van der Waals surface area (Å²) in [6.45, 7) is 4.30. The van der Waals surface area contributed by atoms with Gasteiger partial charge in [-0.2, -0.15) is 0 Å². The molecule has 1 saturated heterocycles. The Bertz CT molecular complexity index is 692. The first-order valence-electron chi connectivity index (χ1n) is 7.15. The van der Waals surface area contributed by atoms with Crippen molar-refractivity contribution in [2.75, 3.05) is 16.8 Å². The lowest BCUT2D eigenvalue weighted by Gasteiger charge is -2.16. The number of para-hydroxylation sites is 1. The zero-order valence-corrected chi connectivity index (χ0v) is 13.3. The van der Waals surface area contributed by atoms with Crippen molar-refractivity contribution < 1.29 is 9.59 Å². The van der Waals surface area contributed by atoms with E-state index in [2.05, 4.69) is 10.3 Å². The Morgan fingerprint density at radius 1 is 1.32 bits per heavy atom. The number of aromatic nitrogens is 1. The third-order valence-electron chi connectivity index (χ3n) is 3.82. The predicted octanol–water partition coefficient (Wildman–Crippen LogP) is 2.75. The third kappa shape index (κ3) is 2.87. The molecule has 1 atom stereocenters. The van der Waals surface area contributed by atoms with Crippen LogP contribution in [0.4, 0.5) is 10.8 Å². The molecule has 0 radical (unpaired) electrons. The Kier molecular flexibility index (Phi) is 3.94. The third-order valence-corrected chi connectivity index (χ3v) is 4.81. The van der Waals surface area contributed by atoms with E-state index in [4.69, 9.17) is 0 Å². The maximum Gasteiger partial charge on any atom is 0.231 e. The van der Waals surface area contributed by atoms with Crippen LogP contribution in [0.15, 0.2) is 30.3 Å². The van der Waals surface area contributed by atoms with Gasteiger partial charge in [0.15, 0.2) is 5.13 Å². The minimum Gasteiger partial charge on any atom is -0.312 e. The van der Waals surface area contributed by atoms with Crippen LogP contribution >= 0.6 is 11.3 Å². The number of hydrogen-bond donors (Lipinski definition) is 1. The van der Waals surface area contributed by atoms with Gasteiger partial charge in [0.2, 0.25) is 11.8 Å². The summed E-state index contributed by atoms with van der Waals surface area (Å²) >= 11 is 1.46. The first kappa shape index (κ1) is 14.7. The lowest BCUT2D eigenvalue weighted by molar-refractivity contribution is -0.122. The number of nitrogens with zero attached hydrogens (tertiary/aromatic N) is 2. The summed E-state index contributed by atoms with van der Waals surface area (Å²) in [6.07, 6.45) is 0.240. The van der Waals surface area contributed by atoms with E-state index in [0.29, 0.717) is 11.7 Å². The van der Waals surface area contributed by atoms with Gasteiger partial charge in [-0.1, -0.05) is 18.2 Å². The Morgan fingerprint density at radius 2 is 2.05 bits per heavy atom. The fourth-order valence-electron chi connectivity index (χ4n) is 2.47. The molecule has 0 saturated carbocycles. The Morgan fingerprint density at radius 3 is 2.68 bits per heavy atom. The van der Waals surface area contributed by atoms with Crippen LogP contribution in [0.25, 0.3) is 0 Å². The summed E-state index contributed by atoms with van der Waals surface area (Å²) in [7, 11) is 0. The number of rotatable bonds is 3. The highest BCUT2D eigenvalue weighted by molar-refractivity contribution is 7.15. The van der Waals surface area contributed by atoms with Crippen LogP contribution in [-0.2, 0) is 9.59 Å². The van der Waals surface area contributed by atoms with Gasteiger partial charge in [-0.05, 0) is 26.0 Å². The molecule has 1 aromatic heterocycles. The highest BCUT2D eigenvalue weighted by Crippen LogP contribution is 2.27. The molecule has 0 bridgehead atoms. The standard InChI is InChI=1S/C16H17N3O2S/c1-10-11(2)22-16(17-10)18-15(21)12-8-14(20)19(9-12)13-6-4-3-5-7-13/h3-7,12H,8-9H2,1-2H3,(H,17,18,21). The minimum atomic E-state index is -0.336. The normalized spacial score (nSPS) is 17.8. The van der Waals surface area contributed by atoms with Gasteiger partial charge >= 0.3 is 0 Å². The van der Waals surface area contributed by atoms with Crippen LogP contribution < -0.4 is 10.2 Å². The number of thiazole rings is 1. The van der Waals surface area contributed by atoms with E-state index in [9.17, 15) is 9.59 Å². The average Bonchev–Trinajstić information content (AvgIpc) is 3.03. The molecular weight excluding hydrogens is 298 g/mol. The predicted molar refractivity (Wildman–Crippen MR) is 87.1 cm³/mol. The molecule has 0 aliphatic carbocycles. The van der Waals surface area contributed by atoms with Crippen molar-refractivity contribution >= 4 is 34.0 Å². The number of nitrogens with one attached hydrogen (secondary N) is 1. The monoisotopic (exact) mass is 315 g/mol. The van der Waals surface area contributed by atoms with Crippen molar-refractivity contribution in [3.05, 3.63) is 40.9 Å². The van der Waals surface area contributed by atoms with Crippen molar-refractivity contribution in [3.8, 4) is 0 Å². The zero-order chi connectivity index (χ0) is 15.7. The van der Waals surface area contributed by atoms with E-state index in [-0.39, 0.29) is 24.2 Å². The summed E-state index contributed by atoms with van der Waals surface area (Å²) < 4.78 is 0. The maximum absolute atomic E-state index is 12.3. The van der Waals surface area contributed by atoms with Crippen LogP contribution in [0.2, 0.25) is 0 Å². The number of hydrogen-bond acceptors (Lipinski definition) is 4. The van der Waals surface area contributed by atoms with Crippen molar-refractivity contribution in [1.29, 1.82) is 0 Å². The zero-order valence-electron chi connectivity index (χ0n) is 12.5.